The van der Waals surface area contributed by atoms with E-state index < -0.39 is 31.7 Å². The number of hydrogen-bond donors (Lipinski definition) is 1. The first-order valence-corrected chi connectivity index (χ1v) is 9.19. The molecular formula is C14H16ClF3N2O4S. The highest BCUT2D eigenvalue weighted by Crippen LogP contribution is 2.35. The molecule has 11 heteroatoms. The molecule has 1 N–H and O–H groups in total. The molecule has 0 atom stereocenters. The number of morpholine rings is 1. The fourth-order valence-corrected chi connectivity index (χ4v) is 3.52. The highest BCUT2D eigenvalue weighted by atomic mass is 35.5. The van der Waals surface area contributed by atoms with Crippen molar-refractivity contribution in [3.63, 3.8) is 0 Å². The van der Waals surface area contributed by atoms with E-state index in [2.05, 4.69) is 4.72 Å². The van der Waals surface area contributed by atoms with E-state index in [0.717, 1.165) is 12.1 Å². The number of hydrogen-bond acceptors (Lipinski definition) is 4. The molecular weight excluding hydrogens is 385 g/mol. The first-order chi connectivity index (χ1) is 11.6. The Labute approximate surface area is 147 Å². The summed E-state index contributed by atoms with van der Waals surface area (Å²) >= 11 is 5.47. The van der Waals surface area contributed by atoms with Crippen LogP contribution in [0.15, 0.2) is 23.1 Å². The maximum Gasteiger partial charge on any atom is 0.417 e. The van der Waals surface area contributed by atoms with E-state index in [4.69, 9.17) is 16.3 Å². The summed E-state index contributed by atoms with van der Waals surface area (Å²) in [6.45, 7) is 1.48. The highest BCUT2D eigenvalue weighted by Gasteiger charge is 2.34. The monoisotopic (exact) mass is 400 g/mol. The molecule has 0 aromatic heterocycles. The SMILES string of the molecule is O=C(CCNS(=O)(=O)c1ccc(Cl)c(C(F)(F)F)c1)N1CCOCC1. The van der Waals surface area contributed by atoms with Crippen LogP contribution in [0.3, 0.4) is 0 Å². The molecule has 0 bridgehead atoms. The van der Waals surface area contributed by atoms with Gasteiger partial charge in [-0.15, -0.1) is 0 Å². The quantitative estimate of drug-likeness (QED) is 0.819. The number of nitrogens with one attached hydrogen (secondary N) is 1. The molecule has 1 aromatic carbocycles. The number of carbonyl (C=O) groups excluding carboxylic acids is 1. The second kappa shape index (κ2) is 7.90. The summed E-state index contributed by atoms with van der Waals surface area (Å²) in [5.41, 5.74) is -1.23. The van der Waals surface area contributed by atoms with Gasteiger partial charge in [-0.25, -0.2) is 13.1 Å². The molecule has 1 heterocycles. The van der Waals surface area contributed by atoms with Gasteiger partial charge in [0.25, 0.3) is 0 Å². The van der Waals surface area contributed by atoms with Crippen molar-refractivity contribution in [2.24, 2.45) is 0 Å². The third-order valence-corrected chi connectivity index (χ3v) is 5.34. The van der Waals surface area contributed by atoms with Crippen LogP contribution in [-0.2, 0) is 25.7 Å². The lowest BCUT2D eigenvalue weighted by Gasteiger charge is -2.26. The van der Waals surface area contributed by atoms with Crippen molar-refractivity contribution >= 4 is 27.5 Å². The van der Waals surface area contributed by atoms with Crippen LogP contribution in [0.25, 0.3) is 0 Å². The first kappa shape index (κ1) is 20.0. The van der Waals surface area contributed by atoms with Gasteiger partial charge >= 0.3 is 6.18 Å². The van der Waals surface area contributed by atoms with E-state index in [0.29, 0.717) is 32.4 Å². The number of alkyl halides is 3. The van der Waals surface area contributed by atoms with Gasteiger partial charge in [0.05, 0.1) is 28.7 Å². The van der Waals surface area contributed by atoms with Gasteiger partial charge in [-0.2, -0.15) is 13.2 Å². The van der Waals surface area contributed by atoms with Crippen LogP contribution in [0.2, 0.25) is 5.02 Å². The maximum atomic E-state index is 12.8. The fourth-order valence-electron chi connectivity index (χ4n) is 2.24. The maximum absolute atomic E-state index is 12.8. The number of halogens is 4. The summed E-state index contributed by atoms with van der Waals surface area (Å²) in [7, 11) is -4.19. The smallest absolute Gasteiger partial charge is 0.378 e. The number of sulfonamides is 1. The van der Waals surface area contributed by atoms with Crippen molar-refractivity contribution in [3.8, 4) is 0 Å². The Morgan fingerprint density at radius 1 is 1.28 bits per heavy atom. The molecule has 1 aliphatic rings. The standard InChI is InChI=1S/C14H16ClF3N2O4S/c15-12-2-1-10(9-11(12)14(16,17)18)25(22,23)19-4-3-13(21)20-5-7-24-8-6-20/h1-2,9,19H,3-8H2. The van der Waals surface area contributed by atoms with Gasteiger partial charge in [-0.3, -0.25) is 4.79 Å². The van der Waals surface area contributed by atoms with Gasteiger partial charge in [0.2, 0.25) is 15.9 Å². The number of nitrogens with zero attached hydrogens (tertiary/aromatic N) is 1. The van der Waals surface area contributed by atoms with Crippen LogP contribution in [0.1, 0.15) is 12.0 Å². The van der Waals surface area contributed by atoms with Gasteiger partial charge < -0.3 is 9.64 Å². The Kier molecular flexibility index (Phi) is 6.30. The summed E-state index contributed by atoms with van der Waals surface area (Å²) in [5, 5.41) is -0.589. The van der Waals surface area contributed by atoms with Crippen LogP contribution in [0, 0.1) is 0 Å². The summed E-state index contributed by atoms with van der Waals surface area (Å²) in [6, 6.07) is 2.32. The molecule has 0 spiro atoms. The number of ether oxygens (including phenoxy) is 1. The lowest BCUT2D eigenvalue weighted by Crippen LogP contribution is -2.42. The zero-order valence-corrected chi connectivity index (χ0v) is 14.5. The molecule has 25 heavy (non-hydrogen) atoms. The average molecular weight is 401 g/mol. The molecule has 140 valence electrons. The first-order valence-electron chi connectivity index (χ1n) is 7.33. The Morgan fingerprint density at radius 3 is 2.52 bits per heavy atom. The predicted octanol–water partition coefficient (Wildman–Crippen LogP) is 1.89. The summed E-state index contributed by atoms with van der Waals surface area (Å²) < 4.78 is 69.9. The normalized spacial score (nSPS) is 16.1. The van der Waals surface area contributed by atoms with Crippen molar-refractivity contribution in [2.75, 3.05) is 32.8 Å². The van der Waals surface area contributed by atoms with Gasteiger partial charge in [0.1, 0.15) is 0 Å². The molecule has 1 amide bonds. The molecule has 1 aromatic rings. The lowest BCUT2D eigenvalue weighted by atomic mass is 10.2. The van der Waals surface area contributed by atoms with Crippen molar-refractivity contribution in [2.45, 2.75) is 17.5 Å². The third-order valence-electron chi connectivity index (χ3n) is 3.55. The molecule has 1 aliphatic heterocycles. The molecule has 0 radical (unpaired) electrons. The van der Waals surface area contributed by atoms with Crippen molar-refractivity contribution in [1.82, 2.24) is 9.62 Å². The molecule has 1 fully saturated rings. The number of benzene rings is 1. The van der Waals surface area contributed by atoms with E-state index in [1.807, 2.05) is 0 Å². The number of rotatable bonds is 5. The minimum atomic E-state index is -4.77. The molecule has 2 rings (SSSR count). The Balaban J connectivity index is 2.01. The van der Waals surface area contributed by atoms with Gasteiger partial charge in [-0.05, 0) is 18.2 Å². The van der Waals surface area contributed by atoms with Gasteiger partial charge in [-0.1, -0.05) is 11.6 Å². The Bertz CT molecular complexity index is 734. The van der Waals surface area contributed by atoms with Crippen LogP contribution in [-0.4, -0.2) is 52.1 Å². The van der Waals surface area contributed by atoms with E-state index in [1.165, 1.54) is 0 Å². The van der Waals surface area contributed by atoms with E-state index >= 15 is 0 Å². The second-order valence-corrected chi connectivity index (χ2v) is 7.45. The van der Waals surface area contributed by atoms with E-state index in [9.17, 15) is 26.4 Å². The zero-order chi connectivity index (χ0) is 18.7. The van der Waals surface area contributed by atoms with Crippen molar-refractivity contribution in [3.05, 3.63) is 28.8 Å². The molecule has 1 saturated heterocycles. The van der Waals surface area contributed by atoms with Gasteiger partial charge in [0, 0.05) is 26.1 Å². The largest absolute Gasteiger partial charge is 0.417 e. The number of carbonyl (C=O) groups is 1. The predicted molar refractivity (Wildman–Crippen MR) is 83.7 cm³/mol. The molecule has 6 nitrogen and oxygen atoms in total. The molecule has 0 unspecified atom stereocenters. The highest BCUT2D eigenvalue weighted by molar-refractivity contribution is 7.89. The average Bonchev–Trinajstić information content (AvgIpc) is 2.54. The van der Waals surface area contributed by atoms with Crippen molar-refractivity contribution in [1.29, 1.82) is 0 Å². The molecule has 0 saturated carbocycles. The Hall–Kier alpha value is -1.36. The minimum Gasteiger partial charge on any atom is -0.378 e. The van der Waals surface area contributed by atoms with Crippen molar-refractivity contribution < 1.29 is 31.1 Å². The Morgan fingerprint density at radius 2 is 1.92 bits per heavy atom. The topological polar surface area (TPSA) is 75.7 Å². The minimum absolute atomic E-state index is 0.0983. The lowest BCUT2D eigenvalue weighted by molar-refractivity contribution is -0.137. The summed E-state index contributed by atoms with van der Waals surface area (Å²) in [6.07, 6.45) is -4.87. The fraction of sp³-hybridized carbons (Fsp3) is 0.500. The van der Waals surface area contributed by atoms with E-state index in [-0.39, 0.29) is 18.9 Å². The zero-order valence-electron chi connectivity index (χ0n) is 13.0. The number of amides is 1. The van der Waals surface area contributed by atoms with Crippen LogP contribution >= 0.6 is 11.6 Å². The second-order valence-electron chi connectivity index (χ2n) is 5.28. The van der Waals surface area contributed by atoms with Crippen LogP contribution < -0.4 is 4.72 Å². The van der Waals surface area contributed by atoms with Gasteiger partial charge in [0.15, 0.2) is 0 Å². The summed E-state index contributed by atoms with van der Waals surface area (Å²) in [4.78, 5) is 12.9. The summed E-state index contributed by atoms with van der Waals surface area (Å²) in [5.74, 6) is -0.252. The third kappa shape index (κ3) is 5.30. The van der Waals surface area contributed by atoms with Crippen LogP contribution in [0.5, 0.6) is 0 Å². The van der Waals surface area contributed by atoms with Crippen LogP contribution in [0.4, 0.5) is 13.2 Å². The van der Waals surface area contributed by atoms with E-state index in [1.54, 1.807) is 4.90 Å². The molecule has 0 aliphatic carbocycles.